The molecule has 0 radical (unpaired) electrons. The molecule has 1 aromatic rings. The predicted molar refractivity (Wildman–Crippen MR) is 79.2 cm³/mol. The van der Waals surface area contributed by atoms with Crippen LogP contribution in [0.2, 0.25) is 0 Å². The van der Waals surface area contributed by atoms with E-state index in [0.717, 1.165) is 19.5 Å². The van der Waals surface area contributed by atoms with Crippen molar-refractivity contribution < 1.29 is 8.42 Å². The first-order chi connectivity index (χ1) is 9.45. The number of pyridine rings is 1. The fourth-order valence-electron chi connectivity index (χ4n) is 2.59. The van der Waals surface area contributed by atoms with E-state index in [9.17, 15) is 8.42 Å². The largest absolute Gasteiger partial charge is 0.372 e. The van der Waals surface area contributed by atoms with Crippen LogP contribution in [-0.4, -0.2) is 63.4 Å². The quantitative estimate of drug-likeness (QED) is 0.866. The Kier molecular flexibility index (Phi) is 4.62. The van der Waals surface area contributed by atoms with Crippen LogP contribution in [-0.2, 0) is 10.0 Å². The fourth-order valence-corrected chi connectivity index (χ4v) is 3.98. The number of likely N-dealkylation sites (tertiary alicyclic amines) is 1. The summed E-state index contributed by atoms with van der Waals surface area (Å²) in [7, 11) is 1.88. The van der Waals surface area contributed by atoms with E-state index in [-0.39, 0.29) is 4.90 Å². The van der Waals surface area contributed by atoms with Crippen LogP contribution in [0.4, 0.5) is 5.82 Å². The molecule has 0 bridgehead atoms. The van der Waals surface area contributed by atoms with Gasteiger partial charge in [-0.15, -0.1) is 0 Å². The molecular formula is C13H22N4O2S. The number of anilines is 1. The first kappa shape index (κ1) is 15.2. The van der Waals surface area contributed by atoms with Crippen molar-refractivity contribution in [1.29, 1.82) is 0 Å². The van der Waals surface area contributed by atoms with Gasteiger partial charge in [0.05, 0.1) is 0 Å². The molecule has 1 fully saturated rings. The van der Waals surface area contributed by atoms with Crippen molar-refractivity contribution in [2.24, 2.45) is 5.92 Å². The van der Waals surface area contributed by atoms with E-state index >= 15 is 0 Å². The van der Waals surface area contributed by atoms with Gasteiger partial charge in [0.25, 0.3) is 0 Å². The van der Waals surface area contributed by atoms with E-state index in [4.69, 9.17) is 0 Å². The molecule has 2 rings (SSSR count). The molecule has 1 unspecified atom stereocenters. The topological polar surface area (TPSA) is 65.5 Å². The second-order valence-electron chi connectivity index (χ2n) is 5.30. The van der Waals surface area contributed by atoms with Crippen LogP contribution in [0.25, 0.3) is 0 Å². The Bertz CT molecular complexity index is 561. The van der Waals surface area contributed by atoms with Crippen molar-refractivity contribution in [2.45, 2.75) is 11.3 Å². The maximum Gasteiger partial charge on any atom is 0.246 e. The molecule has 0 amide bonds. The molecule has 6 nitrogen and oxygen atoms in total. The van der Waals surface area contributed by atoms with Gasteiger partial charge >= 0.3 is 0 Å². The van der Waals surface area contributed by atoms with E-state index in [0.29, 0.717) is 18.3 Å². The Morgan fingerprint density at radius 3 is 2.90 bits per heavy atom. The maximum absolute atomic E-state index is 12.6. The van der Waals surface area contributed by atoms with Crippen LogP contribution in [0.1, 0.15) is 6.42 Å². The Morgan fingerprint density at radius 1 is 1.55 bits per heavy atom. The Balaban J connectivity index is 2.17. The van der Waals surface area contributed by atoms with Gasteiger partial charge in [0, 0.05) is 33.4 Å². The first-order valence-electron chi connectivity index (χ1n) is 6.73. The Morgan fingerprint density at radius 2 is 2.30 bits per heavy atom. The molecule has 1 aromatic heterocycles. The second kappa shape index (κ2) is 6.07. The molecule has 2 heterocycles. The Labute approximate surface area is 120 Å². The van der Waals surface area contributed by atoms with Gasteiger partial charge in [-0.05, 0) is 38.1 Å². The molecule has 1 N–H and O–H groups in total. The van der Waals surface area contributed by atoms with Crippen molar-refractivity contribution >= 4 is 15.8 Å². The molecule has 20 heavy (non-hydrogen) atoms. The van der Waals surface area contributed by atoms with Crippen LogP contribution in [0.15, 0.2) is 23.2 Å². The molecule has 0 saturated carbocycles. The molecule has 1 aliphatic heterocycles. The zero-order valence-electron chi connectivity index (χ0n) is 12.2. The third-order valence-corrected chi connectivity index (χ3v) is 5.55. The summed E-state index contributed by atoms with van der Waals surface area (Å²) in [5.41, 5.74) is 0. The normalized spacial score (nSPS) is 20.5. The minimum Gasteiger partial charge on any atom is -0.372 e. The number of sulfonamides is 1. The molecule has 0 spiro atoms. The van der Waals surface area contributed by atoms with Gasteiger partial charge in [0.2, 0.25) is 10.0 Å². The number of nitrogens with one attached hydrogen (secondary N) is 1. The molecule has 0 aromatic carbocycles. The summed E-state index contributed by atoms with van der Waals surface area (Å²) >= 11 is 0. The van der Waals surface area contributed by atoms with Gasteiger partial charge in [-0.2, -0.15) is 0 Å². The lowest BCUT2D eigenvalue weighted by atomic mass is 10.1. The summed E-state index contributed by atoms with van der Waals surface area (Å²) in [5, 5.41) is 2.83. The molecule has 1 atom stereocenters. The number of rotatable bonds is 5. The van der Waals surface area contributed by atoms with Gasteiger partial charge < -0.3 is 10.2 Å². The van der Waals surface area contributed by atoms with E-state index < -0.39 is 10.0 Å². The summed E-state index contributed by atoms with van der Waals surface area (Å²) in [5.74, 6) is 0.789. The van der Waals surface area contributed by atoms with E-state index in [1.807, 2.05) is 0 Å². The number of hydrogen-bond donors (Lipinski definition) is 1. The number of aromatic nitrogens is 1. The summed E-state index contributed by atoms with van der Waals surface area (Å²) in [6.07, 6.45) is 2.62. The third-order valence-electron chi connectivity index (χ3n) is 3.70. The van der Waals surface area contributed by atoms with Crippen LogP contribution in [0.3, 0.4) is 0 Å². The van der Waals surface area contributed by atoms with Crippen LogP contribution in [0.5, 0.6) is 0 Å². The van der Waals surface area contributed by atoms with Gasteiger partial charge in [0.15, 0.2) is 0 Å². The molecule has 0 aliphatic carbocycles. The van der Waals surface area contributed by atoms with Gasteiger partial charge in [-0.1, -0.05) is 0 Å². The van der Waals surface area contributed by atoms with Crippen LogP contribution >= 0.6 is 0 Å². The average Bonchev–Trinajstić information content (AvgIpc) is 2.84. The van der Waals surface area contributed by atoms with Gasteiger partial charge in [-0.3, -0.25) is 0 Å². The average molecular weight is 298 g/mol. The highest BCUT2D eigenvalue weighted by Gasteiger charge is 2.28. The minimum absolute atomic E-state index is 0.233. The third kappa shape index (κ3) is 3.11. The van der Waals surface area contributed by atoms with Crippen LogP contribution < -0.4 is 5.32 Å². The lowest BCUT2D eigenvalue weighted by Crippen LogP contribution is -2.33. The van der Waals surface area contributed by atoms with E-state index in [1.54, 1.807) is 32.4 Å². The summed E-state index contributed by atoms with van der Waals surface area (Å²) in [6, 6.07) is 3.23. The molecule has 1 saturated heterocycles. The zero-order valence-corrected chi connectivity index (χ0v) is 13.0. The lowest BCUT2D eigenvalue weighted by Gasteiger charge is -2.21. The predicted octanol–water partition coefficient (Wildman–Crippen LogP) is 0.696. The fraction of sp³-hybridized carbons (Fsp3) is 0.615. The Hall–Kier alpha value is -1.18. The summed E-state index contributed by atoms with van der Waals surface area (Å²) in [6.45, 7) is 2.53. The first-order valence-corrected chi connectivity index (χ1v) is 8.17. The minimum atomic E-state index is -3.50. The molecular weight excluding hydrogens is 276 g/mol. The SMILES string of the molecule is CNc1ncccc1S(=O)(=O)N(C)CC1CCN(C)C1. The number of nitrogens with zero attached hydrogens (tertiary/aromatic N) is 3. The monoisotopic (exact) mass is 298 g/mol. The van der Waals surface area contributed by atoms with E-state index in [2.05, 4.69) is 22.2 Å². The van der Waals surface area contributed by atoms with Gasteiger partial charge in [-0.25, -0.2) is 17.7 Å². The molecule has 112 valence electrons. The van der Waals surface area contributed by atoms with Crippen molar-refractivity contribution in [1.82, 2.24) is 14.2 Å². The van der Waals surface area contributed by atoms with Crippen molar-refractivity contribution in [3.05, 3.63) is 18.3 Å². The van der Waals surface area contributed by atoms with Crippen molar-refractivity contribution in [3.63, 3.8) is 0 Å². The highest BCUT2D eigenvalue weighted by Crippen LogP contribution is 2.23. The second-order valence-corrected chi connectivity index (χ2v) is 7.32. The van der Waals surface area contributed by atoms with E-state index in [1.165, 1.54) is 4.31 Å². The molecule has 7 heteroatoms. The number of hydrogen-bond acceptors (Lipinski definition) is 5. The summed E-state index contributed by atoms with van der Waals surface area (Å²) in [4.78, 5) is 6.53. The van der Waals surface area contributed by atoms with Gasteiger partial charge in [0.1, 0.15) is 10.7 Å². The molecule has 1 aliphatic rings. The van der Waals surface area contributed by atoms with Crippen molar-refractivity contribution in [3.8, 4) is 0 Å². The maximum atomic E-state index is 12.6. The smallest absolute Gasteiger partial charge is 0.246 e. The lowest BCUT2D eigenvalue weighted by molar-refractivity contribution is 0.357. The van der Waals surface area contributed by atoms with Crippen LogP contribution in [0, 0.1) is 5.92 Å². The summed E-state index contributed by atoms with van der Waals surface area (Å²) < 4.78 is 26.7. The highest BCUT2D eigenvalue weighted by atomic mass is 32.2. The standard InChI is InChI=1S/C13H22N4O2S/c1-14-13-12(5-4-7-15-13)20(18,19)17(3)10-11-6-8-16(2)9-11/h4-5,7,11H,6,8-10H2,1-3H3,(H,14,15). The highest BCUT2D eigenvalue weighted by molar-refractivity contribution is 7.89. The zero-order chi connectivity index (χ0) is 14.8. The van der Waals surface area contributed by atoms with Crippen molar-refractivity contribution in [2.75, 3.05) is 46.1 Å².